The Hall–Kier alpha value is -2.98. The monoisotopic (exact) mass is 1400 g/mol. The molecule has 0 aromatic carbocycles. The van der Waals surface area contributed by atoms with Gasteiger partial charge in [0.15, 0.2) is 12.2 Å². The molecule has 0 spiro atoms. The van der Waals surface area contributed by atoms with Crippen molar-refractivity contribution in [3.63, 3.8) is 0 Å². The van der Waals surface area contributed by atoms with E-state index in [-0.39, 0.29) is 25.7 Å². The lowest BCUT2D eigenvalue weighted by Crippen LogP contribution is -2.30. The van der Waals surface area contributed by atoms with Crippen LogP contribution in [-0.4, -0.2) is 96.7 Å². The van der Waals surface area contributed by atoms with Crippen LogP contribution in [0.3, 0.4) is 0 Å². The van der Waals surface area contributed by atoms with Gasteiger partial charge in [-0.3, -0.25) is 37.3 Å². The van der Waals surface area contributed by atoms with Gasteiger partial charge in [0.2, 0.25) is 0 Å². The Balaban J connectivity index is 5.27. The molecule has 0 saturated carbocycles. The predicted octanol–water partition coefficient (Wildman–Crippen LogP) is 22.1. The number of carbonyl (C=O) groups excluding carboxylic acids is 4. The number of carbonyl (C=O) groups is 4. The fourth-order valence-electron chi connectivity index (χ4n) is 10.8. The van der Waals surface area contributed by atoms with Gasteiger partial charge in [-0.25, -0.2) is 9.13 Å². The van der Waals surface area contributed by atoms with E-state index in [2.05, 4.69) is 76.3 Å². The third-order valence-corrected chi connectivity index (χ3v) is 18.7. The normalized spacial score (nSPS) is 14.2. The molecule has 0 aliphatic carbocycles. The molecule has 0 radical (unpaired) electrons. The minimum absolute atomic E-state index is 0.0909. The summed E-state index contributed by atoms with van der Waals surface area (Å²) in [6, 6.07) is 0. The molecule has 0 amide bonds. The number of hydrogen-bond donors (Lipinski definition) is 3. The van der Waals surface area contributed by atoms with Crippen molar-refractivity contribution in [2.24, 2.45) is 0 Å². The van der Waals surface area contributed by atoms with Gasteiger partial charge in [0.05, 0.1) is 26.4 Å². The molecule has 0 aliphatic rings. The van der Waals surface area contributed by atoms with E-state index in [0.717, 1.165) is 141 Å². The van der Waals surface area contributed by atoms with Crippen molar-refractivity contribution >= 4 is 39.5 Å². The highest BCUT2D eigenvalue weighted by Crippen LogP contribution is 2.45. The topological polar surface area (TPSA) is 237 Å². The molecule has 0 aromatic rings. The molecule has 5 atom stereocenters. The van der Waals surface area contributed by atoms with Crippen molar-refractivity contribution in [2.45, 2.75) is 380 Å². The van der Waals surface area contributed by atoms with Crippen molar-refractivity contribution in [3.8, 4) is 0 Å². The number of aliphatic hydroxyl groups excluding tert-OH is 1. The molecule has 0 heterocycles. The fourth-order valence-corrected chi connectivity index (χ4v) is 12.4. The van der Waals surface area contributed by atoms with Crippen LogP contribution in [0.4, 0.5) is 0 Å². The van der Waals surface area contributed by atoms with Crippen LogP contribution in [-0.2, 0) is 65.4 Å². The van der Waals surface area contributed by atoms with E-state index in [4.69, 9.17) is 37.0 Å². The van der Waals surface area contributed by atoms with E-state index in [1.54, 1.807) is 0 Å². The largest absolute Gasteiger partial charge is 0.472 e. The van der Waals surface area contributed by atoms with Gasteiger partial charge >= 0.3 is 39.5 Å². The van der Waals surface area contributed by atoms with E-state index in [1.807, 2.05) is 0 Å². The molecule has 0 rings (SSSR count). The summed E-state index contributed by atoms with van der Waals surface area (Å²) >= 11 is 0. The van der Waals surface area contributed by atoms with Crippen molar-refractivity contribution < 1.29 is 80.2 Å². The standard InChI is InChI=1S/C77H142O17P2/c1-5-9-13-17-21-25-29-32-33-34-35-36-37-40-43-46-50-54-58-62-75(80)88-68-73(94-77(82)64-60-56-52-48-44-39-31-27-23-19-15-11-7-3)70-92-96(85,86)90-66-71(78)65-89-95(83,84)91-69-72(93-76(81)63-59-55-51-47-41-28-24-20-16-12-8-4)67-87-74(79)61-57-53-49-45-42-38-30-26-22-18-14-10-6-2/h20-21,24-25,32-33,35-36,71-73,78H,5-19,22-23,26-31,34,37-70H2,1-4H3,(H,83,84)(H,85,86)/b24-20-,25-21-,33-32-,36-35-. The molecule has 0 fully saturated rings. The van der Waals surface area contributed by atoms with Crippen LogP contribution >= 0.6 is 15.6 Å². The quantitative estimate of drug-likeness (QED) is 0.0169. The lowest BCUT2D eigenvalue weighted by molar-refractivity contribution is -0.161. The number of phosphoric acid groups is 2. The van der Waals surface area contributed by atoms with Crippen molar-refractivity contribution in [2.75, 3.05) is 39.6 Å². The fraction of sp³-hybridized carbons (Fsp3) is 0.844. The maximum absolute atomic E-state index is 13.1. The number of aliphatic hydroxyl groups is 1. The van der Waals surface area contributed by atoms with Crippen LogP contribution in [0.25, 0.3) is 0 Å². The first-order valence-electron chi connectivity index (χ1n) is 38.9. The maximum atomic E-state index is 13.1. The highest BCUT2D eigenvalue weighted by molar-refractivity contribution is 7.47. The number of phosphoric ester groups is 2. The molecule has 19 heteroatoms. The molecular weight excluding hydrogens is 1260 g/mol. The highest BCUT2D eigenvalue weighted by atomic mass is 31.2. The summed E-state index contributed by atoms with van der Waals surface area (Å²) in [6.07, 6.45) is 66.7. The van der Waals surface area contributed by atoms with Gasteiger partial charge in [0, 0.05) is 25.7 Å². The van der Waals surface area contributed by atoms with Gasteiger partial charge in [-0.1, -0.05) is 301 Å². The first-order valence-corrected chi connectivity index (χ1v) is 41.9. The van der Waals surface area contributed by atoms with Crippen molar-refractivity contribution in [1.82, 2.24) is 0 Å². The number of unbranched alkanes of at least 4 members (excludes halogenated alkanes) is 40. The number of ether oxygens (including phenoxy) is 4. The first-order chi connectivity index (χ1) is 46.7. The van der Waals surface area contributed by atoms with Gasteiger partial charge < -0.3 is 33.8 Å². The van der Waals surface area contributed by atoms with Crippen LogP contribution in [0.1, 0.15) is 362 Å². The Morgan fingerprint density at radius 2 is 0.521 bits per heavy atom. The van der Waals surface area contributed by atoms with Crippen LogP contribution < -0.4 is 0 Å². The second kappa shape index (κ2) is 70.5. The predicted molar refractivity (Wildman–Crippen MR) is 390 cm³/mol. The second-order valence-electron chi connectivity index (χ2n) is 26.3. The van der Waals surface area contributed by atoms with Crippen LogP contribution in [0.2, 0.25) is 0 Å². The van der Waals surface area contributed by atoms with Crippen LogP contribution in [0.15, 0.2) is 48.6 Å². The summed E-state index contributed by atoms with van der Waals surface area (Å²) in [5, 5.41) is 10.6. The number of allylic oxidation sites excluding steroid dienone is 8. The van der Waals surface area contributed by atoms with Gasteiger partial charge in [-0.2, -0.15) is 0 Å². The van der Waals surface area contributed by atoms with Crippen molar-refractivity contribution in [3.05, 3.63) is 48.6 Å². The zero-order valence-electron chi connectivity index (χ0n) is 61.3. The van der Waals surface area contributed by atoms with E-state index in [1.165, 1.54) is 141 Å². The third-order valence-electron chi connectivity index (χ3n) is 16.8. The van der Waals surface area contributed by atoms with E-state index in [0.29, 0.717) is 25.7 Å². The molecule has 562 valence electrons. The summed E-state index contributed by atoms with van der Waals surface area (Å²) in [6.45, 7) is 4.85. The lowest BCUT2D eigenvalue weighted by atomic mass is 10.0. The van der Waals surface area contributed by atoms with E-state index >= 15 is 0 Å². The first kappa shape index (κ1) is 93.0. The maximum Gasteiger partial charge on any atom is 0.472 e. The zero-order chi connectivity index (χ0) is 70.4. The van der Waals surface area contributed by atoms with Gasteiger partial charge in [0.25, 0.3) is 0 Å². The van der Waals surface area contributed by atoms with Crippen LogP contribution in [0.5, 0.6) is 0 Å². The summed E-state index contributed by atoms with van der Waals surface area (Å²) in [7, 11) is -9.93. The van der Waals surface area contributed by atoms with Crippen LogP contribution in [0, 0.1) is 0 Å². The Morgan fingerprint density at radius 1 is 0.292 bits per heavy atom. The molecule has 17 nitrogen and oxygen atoms in total. The van der Waals surface area contributed by atoms with Gasteiger partial charge in [-0.05, 0) is 83.5 Å². The minimum atomic E-state index is -4.97. The highest BCUT2D eigenvalue weighted by Gasteiger charge is 2.30. The summed E-state index contributed by atoms with van der Waals surface area (Å²) in [5.41, 5.74) is 0. The number of rotatable bonds is 74. The Kier molecular flexibility index (Phi) is 68.3. The van der Waals surface area contributed by atoms with Crippen molar-refractivity contribution in [1.29, 1.82) is 0 Å². The molecule has 0 aliphatic heterocycles. The summed E-state index contributed by atoms with van der Waals surface area (Å²) in [4.78, 5) is 72.8. The van der Waals surface area contributed by atoms with Gasteiger partial charge in [0.1, 0.15) is 19.3 Å². The third kappa shape index (κ3) is 69.5. The molecule has 5 unspecified atom stereocenters. The Bertz CT molecular complexity index is 2010. The minimum Gasteiger partial charge on any atom is -0.462 e. The zero-order valence-corrected chi connectivity index (χ0v) is 63.1. The molecule has 3 N–H and O–H groups in total. The smallest absolute Gasteiger partial charge is 0.462 e. The lowest BCUT2D eigenvalue weighted by Gasteiger charge is -2.21. The van der Waals surface area contributed by atoms with E-state index in [9.17, 15) is 43.2 Å². The van der Waals surface area contributed by atoms with Gasteiger partial charge in [-0.15, -0.1) is 0 Å². The molecule has 96 heavy (non-hydrogen) atoms. The molecule has 0 bridgehead atoms. The van der Waals surface area contributed by atoms with E-state index < -0.39 is 97.5 Å². The molecule has 0 saturated heterocycles. The SMILES string of the molecule is CCCC/C=C\CCCCCCCC(=O)OC(COC(=O)CCCCCCCCCCCCCCC)COP(=O)(O)OCC(O)COP(=O)(O)OCC(COC(=O)CCCCCCCC/C=C\C/C=C\C/C=C\CCCCC)OC(=O)CCCCCCCCCCCCCCC. The Morgan fingerprint density at radius 3 is 0.844 bits per heavy atom. The molecular formula is C77H142O17P2. The average molecular weight is 1400 g/mol. The average Bonchev–Trinajstić information content (AvgIpc) is 2.05. The summed E-state index contributed by atoms with van der Waals surface area (Å²) in [5.74, 6) is -2.16. The second-order valence-corrected chi connectivity index (χ2v) is 29.2. The molecule has 0 aromatic heterocycles. The summed E-state index contributed by atoms with van der Waals surface area (Å²) < 4.78 is 68.4. The number of hydrogen-bond acceptors (Lipinski definition) is 15. The number of esters is 4. The Labute approximate surface area is 585 Å².